The van der Waals surface area contributed by atoms with Crippen molar-refractivity contribution in [3.8, 4) is 5.75 Å². The summed E-state index contributed by atoms with van der Waals surface area (Å²) >= 11 is 0. The SMILES string of the molecule is Cc1ccc(C2=c3ccncc3=C(N)CCN2)c(O)c1. The highest BCUT2D eigenvalue weighted by Crippen LogP contribution is 2.23. The molecule has 0 fully saturated rings. The van der Waals surface area contributed by atoms with Crippen molar-refractivity contribution in [3.05, 3.63) is 58.2 Å². The molecule has 20 heavy (non-hydrogen) atoms. The molecule has 0 saturated heterocycles. The molecule has 4 nitrogen and oxygen atoms in total. The molecule has 4 heteroatoms. The standard InChI is InChI=1S/C16H17N3O/c1-10-2-3-12(15(20)8-10)16-11-4-6-18-9-13(11)14(17)5-7-19-16/h2-4,6,8-9,19-20H,5,7,17H2,1H3. The van der Waals surface area contributed by atoms with Gasteiger partial charge in [0.15, 0.2) is 0 Å². The van der Waals surface area contributed by atoms with Crippen molar-refractivity contribution in [1.29, 1.82) is 0 Å². The molecule has 1 aliphatic rings. The van der Waals surface area contributed by atoms with Gasteiger partial charge < -0.3 is 16.2 Å². The summed E-state index contributed by atoms with van der Waals surface area (Å²) in [6, 6.07) is 7.61. The summed E-state index contributed by atoms with van der Waals surface area (Å²) in [4.78, 5) is 4.15. The fraction of sp³-hybridized carbons (Fsp3) is 0.188. The Morgan fingerprint density at radius 3 is 2.90 bits per heavy atom. The van der Waals surface area contributed by atoms with E-state index in [9.17, 15) is 5.11 Å². The second-order valence-electron chi connectivity index (χ2n) is 5.02. The average Bonchev–Trinajstić information content (AvgIpc) is 2.60. The number of pyridine rings is 1. The third-order valence-electron chi connectivity index (χ3n) is 3.56. The Balaban J connectivity index is 2.38. The van der Waals surface area contributed by atoms with Gasteiger partial charge in [0.25, 0.3) is 0 Å². The Morgan fingerprint density at radius 1 is 1.25 bits per heavy atom. The van der Waals surface area contributed by atoms with Gasteiger partial charge in [-0.3, -0.25) is 4.98 Å². The fourth-order valence-electron chi connectivity index (χ4n) is 2.51. The predicted molar refractivity (Wildman–Crippen MR) is 79.1 cm³/mol. The Morgan fingerprint density at radius 2 is 2.10 bits per heavy atom. The van der Waals surface area contributed by atoms with Gasteiger partial charge in [0.1, 0.15) is 5.75 Å². The number of phenolic OH excluding ortho intramolecular Hbond substituents is 1. The number of benzene rings is 1. The normalized spacial score (nSPS) is 14.4. The second kappa shape index (κ2) is 4.89. The molecule has 2 heterocycles. The number of fused-ring (bicyclic) bond motifs is 1. The van der Waals surface area contributed by atoms with Crippen LogP contribution in [0.25, 0.3) is 11.4 Å². The first-order valence-corrected chi connectivity index (χ1v) is 6.63. The predicted octanol–water partition coefficient (Wildman–Crippen LogP) is 0.312. The lowest BCUT2D eigenvalue weighted by Crippen LogP contribution is -2.33. The van der Waals surface area contributed by atoms with Crippen LogP contribution >= 0.6 is 0 Å². The first kappa shape index (κ1) is 12.5. The molecule has 1 aliphatic heterocycles. The number of rotatable bonds is 1. The maximum absolute atomic E-state index is 10.2. The smallest absolute Gasteiger partial charge is 0.125 e. The third-order valence-corrected chi connectivity index (χ3v) is 3.56. The van der Waals surface area contributed by atoms with Crippen molar-refractivity contribution in [2.24, 2.45) is 5.73 Å². The summed E-state index contributed by atoms with van der Waals surface area (Å²) < 4.78 is 0. The number of aromatic nitrogens is 1. The largest absolute Gasteiger partial charge is 0.507 e. The summed E-state index contributed by atoms with van der Waals surface area (Å²) in [5, 5.41) is 15.5. The van der Waals surface area contributed by atoms with Crippen LogP contribution in [0.15, 0.2) is 36.7 Å². The molecular formula is C16H17N3O. The summed E-state index contributed by atoms with van der Waals surface area (Å²) in [6.45, 7) is 2.70. The molecule has 2 aromatic rings. The molecule has 0 radical (unpaired) electrons. The zero-order chi connectivity index (χ0) is 14.1. The Bertz CT molecular complexity index is 781. The molecule has 4 N–H and O–H groups in total. The van der Waals surface area contributed by atoms with Crippen molar-refractivity contribution in [1.82, 2.24) is 10.3 Å². The van der Waals surface area contributed by atoms with Gasteiger partial charge in [0, 0.05) is 47.1 Å². The number of hydrogen-bond acceptors (Lipinski definition) is 4. The van der Waals surface area contributed by atoms with Gasteiger partial charge in [0.2, 0.25) is 0 Å². The van der Waals surface area contributed by atoms with Crippen LogP contribution in [0.2, 0.25) is 0 Å². The van der Waals surface area contributed by atoms with Gasteiger partial charge in [-0.05, 0) is 30.7 Å². The number of aryl methyl sites for hydroxylation is 1. The highest BCUT2D eigenvalue weighted by atomic mass is 16.3. The molecule has 3 rings (SSSR count). The minimum atomic E-state index is 0.274. The molecule has 1 aromatic heterocycles. The van der Waals surface area contributed by atoms with Gasteiger partial charge in [-0.2, -0.15) is 0 Å². The molecular weight excluding hydrogens is 250 g/mol. The molecule has 0 spiro atoms. The quantitative estimate of drug-likeness (QED) is 0.695. The Kier molecular flexibility index (Phi) is 3.06. The van der Waals surface area contributed by atoms with Crippen LogP contribution in [-0.4, -0.2) is 16.6 Å². The lowest BCUT2D eigenvalue weighted by molar-refractivity contribution is 0.472. The highest BCUT2D eigenvalue weighted by Gasteiger charge is 2.12. The van der Waals surface area contributed by atoms with Gasteiger partial charge in [-0.15, -0.1) is 0 Å². The Labute approximate surface area is 117 Å². The van der Waals surface area contributed by atoms with E-state index in [1.165, 1.54) is 0 Å². The van der Waals surface area contributed by atoms with Crippen LogP contribution < -0.4 is 21.5 Å². The van der Waals surface area contributed by atoms with Crippen molar-refractivity contribution in [3.63, 3.8) is 0 Å². The van der Waals surface area contributed by atoms with E-state index in [-0.39, 0.29) is 5.75 Å². The molecule has 0 unspecified atom stereocenters. The summed E-state index contributed by atoms with van der Waals surface area (Å²) in [5.41, 5.74) is 9.65. The molecule has 102 valence electrons. The summed E-state index contributed by atoms with van der Waals surface area (Å²) in [7, 11) is 0. The molecule has 1 aromatic carbocycles. The zero-order valence-corrected chi connectivity index (χ0v) is 11.4. The van der Waals surface area contributed by atoms with E-state index in [2.05, 4.69) is 10.3 Å². The van der Waals surface area contributed by atoms with Gasteiger partial charge >= 0.3 is 0 Å². The Hall–Kier alpha value is -2.49. The van der Waals surface area contributed by atoms with Crippen LogP contribution in [0.1, 0.15) is 17.5 Å². The summed E-state index contributed by atoms with van der Waals surface area (Å²) in [6.07, 6.45) is 4.28. The van der Waals surface area contributed by atoms with Crippen LogP contribution in [0, 0.1) is 6.92 Å². The third kappa shape index (κ3) is 2.09. The first-order valence-electron chi connectivity index (χ1n) is 6.63. The summed E-state index contributed by atoms with van der Waals surface area (Å²) in [5.74, 6) is 0.274. The topological polar surface area (TPSA) is 71.2 Å². The van der Waals surface area contributed by atoms with E-state index in [0.29, 0.717) is 0 Å². The van der Waals surface area contributed by atoms with E-state index >= 15 is 0 Å². The van der Waals surface area contributed by atoms with E-state index in [1.807, 2.05) is 25.1 Å². The minimum absolute atomic E-state index is 0.274. The average molecular weight is 267 g/mol. The highest BCUT2D eigenvalue weighted by molar-refractivity contribution is 5.70. The van der Waals surface area contributed by atoms with E-state index in [0.717, 1.165) is 45.9 Å². The van der Waals surface area contributed by atoms with E-state index in [4.69, 9.17) is 5.73 Å². The van der Waals surface area contributed by atoms with Crippen LogP contribution in [0.4, 0.5) is 0 Å². The van der Waals surface area contributed by atoms with Gasteiger partial charge in [-0.1, -0.05) is 6.07 Å². The van der Waals surface area contributed by atoms with Crippen molar-refractivity contribution < 1.29 is 5.11 Å². The molecule has 0 aliphatic carbocycles. The van der Waals surface area contributed by atoms with E-state index in [1.54, 1.807) is 18.5 Å². The lowest BCUT2D eigenvalue weighted by atomic mass is 10.1. The van der Waals surface area contributed by atoms with Crippen molar-refractivity contribution in [2.45, 2.75) is 13.3 Å². The number of nitrogens with zero attached hydrogens (tertiary/aromatic N) is 1. The molecule has 0 atom stereocenters. The number of nitrogens with one attached hydrogen (secondary N) is 1. The fourth-order valence-corrected chi connectivity index (χ4v) is 2.51. The number of phenols is 1. The lowest BCUT2D eigenvalue weighted by Gasteiger charge is -2.12. The number of nitrogens with two attached hydrogens (primary N) is 1. The maximum atomic E-state index is 10.2. The van der Waals surface area contributed by atoms with E-state index < -0.39 is 0 Å². The molecule has 0 saturated carbocycles. The van der Waals surface area contributed by atoms with Crippen LogP contribution in [-0.2, 0) is 0 Å². The maximum Gasteiger partial charge on any atom is 0.125 e. The number of hydrogen-bond donors (Lipinski definition) is 3. The van der Waals surface area contributed by atoms with Crippen LogP contribution in [0.3, 0.4) is 0 Å². The molecule has 0 bridgehead atoms. The second-order valence-corrected chi connectivity index (χ2v) is 5.02. The van der Waals surface area contributed by atoms with Crippen molar-refractivity contribution >= 4 is 11.4 Å². The monoisotopic (exact) mass is 267 g/mol. The zero-order valence-electron chi connectivity index (χ0n) is 11.4. The number of aromatic hydroxyl groups is 1. The van der Waals surface area contributed by atoms with Crippen molar-refractivity contribution in [2.75, 3.05) is 6.54 Å². The minimum Gasteiger partial charge on any atom is -0.507 e. The van der Waals surface area contributed by atoms with Gasteiger partial charge in [0.05, 0.1) is 5.70 Å². The van der Waals surface area contributed by atoms with Gasteiger partial charge in [-0.25, -0.2) is 0 Å². The molecule has 0 amide bonds. The van der Waals surface area contributed by atoms with Crippen LogP contribution in [0.5, 0.6) is 5.75 Å². The first-order chi connectivity index (χ1) is 9.66.